The average molecular weight is 361 g/mol. The van der Waals surface area contributed by atoms with Crippen LogP contribution in [0.2, 0.25) is 0 Å². The number of thiol groups is 1. The Hall–Kier alpha value is -0.0500. The standard InChI is InChI=1S/C21H44O2S/c1-2-3-4-5-6-7-8-9-10-11-12-13-14-15-16-17-18-19-20-21-24(22)23/h24H,2-21H2,1H3. The van der Waals surface area contributed by atoms with Crippen LogP contribution in [0.3, 0.4) is 0 Å². The molecule has 0 aromatic heterocycles. The molecule has 3 heteroatoms. The molecule has 0 unspecified atom stereocenters. The van der Waals surface area contributed by atoms with Crippen LogP contribution in [0.15, 0.2) is 0 Å². The lowest BCUT2D eigenvalue weighted by atomic mass is 10.0. The quantitative estimate of drug-likeness (QED) is 0.187. The summed E-state index contributed by atoms with van der Waals surface area (Å²) in [6.07, 6.45) is 25.7. The molecule has 0 rings (SSSR count). The molecule has 0 aromatic rings. The number of unbranched alkanes of at least 4 members (excludes halogenated alkanes) is 18. The Bertz CT molecular complexity index is 292. The van der Waals surface area contributed by atoms with Gasteiger partial charge in [0.05, 0.1) is 0 Å². The van der Waals surface area contributed by atoms with Crippen LogP contribution in [0, 0.1) is 0 Å². The Morgan fingerprint density at radius 3 is 0.917 bits per heavy atom. The Morgan fingerprint density at radius 2 is 0.667 bits per heavy atom. The minimum atomic E-state index is -2.15. The molecule has 0 saturated carbocycles. The molecule has 0 bridgehead atoms. The summed E-state index contributed by atoms with van der Waals surface area (Å²) in [7, 11) is -2.15. The van der Waals surface area contributed by atoms with Gasteiger partial charge in [0.15, 0.2) is 0 Å². The molecule has 0 aromatic carbocycles. The zero-order valence-corrected chi connectivity index (χ0v) is 17.3. The first-order valence-electron chi connectivity index (χ1n) is 10.9. The van der Waals surface area contributed by atoms with E-state index in [1.54, 1.807) is 0 Å². The predicted molar refractivity (Wildman–Crippen MR) is 109 cm³/mol. The van der Waals surface area contributed by atoms with Crippen LogP contribution >= 0.6 is 0 Å². The predicted octanol–water partition coefficient (Wildman–Crippen LogP) is 7.03. The topological polar surface area (TPSA) is 34.1 Å². The molecule has 0 aliphatic heterocycles. The lowest BCUT2D eigenvalue weighted by Gasteiger charge is -2.03. The van der Waals surface area contributed by atoms with Crippen LogP contribution in [0.4, 0.5) is 0 Å². The maximum absolute atomic E-state index is 10.4. The average Bonchev–Trinajstić information content (AvgIpc) is 2.56. The Morgan fingerprint density at radius 1 is 0.417 bits per heavy atom. The maximum Gasteiger partial charge on any atom is 0.140 e. The van der Waals surface area contributed by atoms with Crippen molar-refractivity contribution in [2.75, 3.05) is 5.75 Å². The van der Waals surface area contributed by atoms with E-state index in [4.69, 9.17) is 0 Å². The molecule has 0 aliphatic carbocycles. The third kappa shape index (κ3) is 21.9. The minimum Gasteiger partial charge on any atom is -0.232 e. The second-order valence-corrected chi connectivity index (χ2v) is 8.53. The molecule has 0 atom stereocenters. The van der Waals surface area contributed by atoms with Crippen LogP contribution in [-0.2, 0) is 10.7 Å². The summed E-state index contributed by atoms with van der Waals surface area (Å²) in [5, 5.41) is 0. The van der Waals surface area contributed by atoms with E-state index in [1.807, 2.05) is 0 Å². The van der Waals surface area contributed by atoms with Crippen molar-refractivity contribution in [2.45, 2.75) is 129 Å². The summed E-state index contributed by atoms with van der Waals surface area (Å²) in [5.41, 5.74) is 0. The fraction of sp³-hybridized carbons (Fsp3) is 1.00. The zero-order chi connectivity index (χ0) is 17.7. The van der Waals surface area contributed by atoms with Crippen LogP contribution < -0.4 is 0 Å². The van der Waals surface area contributed by atoms with Crippen molar-refractivity contribution in [1.29, 1.82) is 0 Å². The van der Waals surface area contributed by atoms with Gasteiger partial charge >= 0.3 is 0 Å². The van der Waals surface area contributed by atoms with E-state index in [2.05, 4.69) is 6.92 Å². The molecule has 24 heavy (non-hydrogen) atoms. The fourth-order valence-electron chi connectivity index (χ4n) is 3.32. The lowest BCUT2D eigenvalue weighted by Crippen LogP contribution is -1.88. The number of rotatable bonds is 20. The molecule has 0 aliphatic rings. The van der Waals surface area contributed by atoms with Gasteiger partial charge in [-0.25, -0.2) is 8.42 Å². The highest BCUT2D eigenvalue weighted by Gasteiger charge is 1.95. The maximum atomic E-state index is 10.4. The normalized spacial score (nSPS) is 11.4. The van der Waals surface area contributed by atoms with Crippen molar-refractivity contribution in [2.24, 2.45) is 0 Å². The molecular formula is C21H44O2S. The second kappa shape index (κ2) is 21.0. The molecule has 0 heterocycles. The lowest BCUT2D eigenvalue weighted by molar-refractivity contribution is 0.524. The second-order valence-electron chi connectivity index (χ2n) is 7.42. The molecule has 0 fully saturated rings. The summed E-state index contributed by atoms with van der Waals surface area (Å²) in [4.78, 5) is 0. The molecule has 0 saturated heterocycles. The van der Waals surface area contributed by atoms with Crippen LogP contribution in [0.25, 0.3) is 0 Å². The van der Waals surface area contributed by atoms with Crippen LogP contribution in [0.5, 0.6) is 0 Å². The van der Waals surface area contributed by atoms with Crippen LogP contribution in [0.1, 0.15) is 129 Å². The highest BCUT2D eigenvalue weighted by Crippen LogP contribution is 2.14. The Labute approximate surface area is 154 Å². The summed E-state index contributed by atoms with van der Waals surface area (Å²) >= 11 is 0. The molecular weight excluding hydrogens is 316 g/mol. The van der Waals surface area contributed by atoms with Gasteiger partial charge in [0, 0.05) is 5.75 Å². The monoisotopic (exact) mass is 360 g/mol. The number of hydrogen-bond donors (Lipinski definition) is 1. The van der Waals surface area contributed by atoms with Crippen LogP contribution in [-0.4, -0.2) is 14.2 Å². The van der Waals surface area contributed by atoms with Gasteiger partial charge in [0.2, 0.25) is 0 Å². The molecule has 146 valence electrons. The van der Waals surface area contributed by atoms with E-state index in [-0.39, 0.29) is 0 Å². The summed E-state index contributed by atoms with van der Waals surface area (Å²) in [5.74, 6) is 0.383. The van der Waals surface area contributed by atoms with Crippen molar-refractivity contribution in [1.82, 2.24) is 0 Å². The van der Waals surface area contributed by atoms with Crippen molar-refractivity contribution >= 4 is 10.7 Å². The van der Waals surface area contributed by atoms with Gasteiger partial charge in [0.1, 0.15) is 10.7 Å². The first kappa shape index (κ1) is 23.9. The minimum absolute atomic E-state index is 0.383. The van der Waals surface area contributed by atoms with Gasteiger partial charge < -0.3 is 0 Å². The summed E-state index contributed by atoms with van der Waals surface area (Å²) in [6.45, 7) is 2.28. The third-order valence-electron chi connectivity index (χ3n) is 4.94. The fourth-order valence-corrected chi connectivity index (χ4v) is 3.80. The van der Waals surface area contributed by atoms with Gasteiger partial charge in [0.25, 0.3) is 0 Å². The highest BCUT2D eigenvalue weighted by molar-refractivity contribution is 7.72. The van der Waals surface area contributed by atoms with Crippen molar-refractivity contribution in [3.63, 3.8) is 0 Å². The first-order chi connectivity index (χ1) is 11.8. The third-order valence-corrected chi connectivity index (χ3v) is 5.63. The molecule has 0 radical (unpaired) electrons. The summed E-state index contributed by atoms with van der Waals surface area (Å²) in [6, 6.07) is 0. The van der Waals surface area contributed by atoms with Crippen molar-refractivity contribution in [3.8, 4) is 0 Å². The molecule has 0 amide bonds. The van der Waals surface area contributed by atoms with Gasteiger partial charge in [-0.15, -0.1) is 0 Å². The van der Waals surface area contributed by atoms with E-state index in [0.717, 1.165) is 12.8 Å². The highest BCUT2D eigenvalue weighted by atomic mass is 32.2. The molecule has 0 spiro atoms. The van der Waals surface area contributed by atoms with Crippen molar-refractivity contribution in [3.05, 3.63) is 0 Å². The smallest absolute Gasteiger partial charge is 0.140 e. The van der Waals surface area contributed by atoms with E-state index >= 15 is 0 Å². The van der Waals surface area contributed by atoms with E-state index in [0.29, 0.717) is 5.75 Å². The van der Waals surface area contributed by atoms with Gasteiger partial charge in [-0.3, -0.25) is 0 Å². The number of hydrogen-bond acceptors (Lipinski definition) is 2. The first-order valence-corrected chi connectivity index (χ1v) is 12.3. The Kier molecular flexibility index (Phi) is 20.9. The van der Waals surface area contributed by atoms with E-state index in [9.17, 15) is 8.42 Å². The van der Waals surface area contributed by atoms with Gasteiger partial charge in [-0.1, -0.05) is 122 Å². The molecule has 2 nitrogen and oxygen atoms in total. The largest absolute Gasteiger partial charge is 0.232 e. The Balaban J connectivity index is 2.98. The van der Waals surface area contributed by atoms with E-state index < -0.39 is 10.7 Å². The van der Waals surface area contributed by atoms with Gasteiger partial charge in [-0.2, -0.15) is 0 Å². The zero-order valence-electron chi connectivity index (χ0n) is 16.4. The van der Waals surface area contributed by atoms with Gasteiger partial charge in [-0.05, 0) is 6.42 Å². The van der Waals surface area contributed by atoms with E-state index in [1.165, 1.54) is 109 Å². The SMILES string of the molecule is CCCCCCCCCCCCCCCCCCCCC[SH](=O)=O. The molecule has 0 N–H and O–H groups in total. The summed E-state index contributed by atoms with van der Waals surface area (Å²) < 4.78 is 20.8. The van der Waals surface area contributed by atoms with Crippen molar-refractivity contribution < 1.29 is 8.42 Å².